The van der Waals surface area contributed by atoms with Gasteiger partial charge in [0, 0.05) is 0 Å². The minimum atomic E-state index is -0.606. The van der Waals surface area contributed by atoms with Gasteiger partial charge in [0.05, 0.1) is 7.11 Å². The van der Waals surface area contributed by atoms with E-state index in [-0.39, 0.29) is 5.15 Å². The van der Waals surface area contributed by atoms with E-state index < -0.39 is 5.95 Å². The summed E-state index contributed by atoms with van der Waals surface area (Å²) >= 11 is 5.45. The molecule has 1 heterocycles. The molecule has 0 spiro atoms. The van der Waals surface area contributed by atoms with Gasteiger partial charge in [-0.05, 0) is 12.1 Å². The number of methoxy groups -OCH3 is 1. The fraction of sp³-hybridized carbons (Fsp3) is 0.375. The van der Waals surface area contributed by atoms with Crippen LogP contribution >= 0.6 is 11.6 Å². The zero-order chi connectivity index (χ0) is 9.56. The molecule has 68 valence electrons. The lowest BCUT2D eigenvalue weighted by molar-refractivity contribution is 0.410. The van der Waals surface area contributed by atoms with Crippen molar-refractivity contribution >= 4 is 11.6 Å². The second-order valence-corrected chi connectivity index (χ2v) is 1.99. The topological polar surface area (TPSA) is 22.1 Å². The van der Waals surface area contributed by atoms with Gasteiger partial charge < -0.3 is 4.74 Å². The summed E-state index contributed by atoms with van der Waals surface area (Å²) < 4.78 is 17.0. The van der Waals surface area contributed by atoms with Gasteiger partial charge in [0.1, 0.15) is 0 Å². The molecule has 4 heteroatoms. The molecule has 0 aliphatic carbocycles. The van der Waals surface area contributed by atoms with Crippen molar-refractivity contribution in [2.45, 2.75) is 13.8 Å². The van der Waals surface area contributed by atoms with Gasteiger partial charge in [-0.25, -0.2) is 4.98 Å². The molecule has 0 unspecified atom stereocenters. The lowest BCUT2D eigenvalue weighted by Crippen LogP contribution is -1.88. The van der Waals surface area contributed by atoms with E-state index >= 15 is 0 Å². The molecule has 0 fully saturated rings. The smallest absolute Gasteiger partial charge is 0.214 e. The van der Waals surface area contributed by atoms with E-state index in [0.717, 1.165) is 0 Å². The maximum atomic E-state index is 12.2. The van der Waals surface area contributed by atoms with Crippen molar-refractivity contribution in [1.29, 1.82) is 0 Å². The molecule has 0 saturated carbocycles. The van der Waals surface area contributed by atoms with Gasteiger partial charge in [-0.1, -0.05) is 25.4 Å². The van der Waals surface area contributed by atoms with Crippen LogP contribution in [0.15, 0.2) is 12.1 Å². The molecule has 0 saturated heterocycles. The predicted molar refractivity (Wildman–Crippen MR) is 47.1 cm³/mol. The maximum Gasteiger partial charge on any atom is 0.214 e. The number of ether oxygens (including phenoxy) is 1. The summed E-state index contributed by atoms with van der Waals surface area (Å²) in [6.45, 7) is 4.00. The van der Waals surface area contributed by atoms with Crippen LogP contribution in [-0.2, 0) is 0 Å². The second-order valence-electron chi connectivity index (χ2n) is 1.63. The summed E-state index contributed by atoms with van der Waals surface area (Å²) in [6.07, 6.45) is 0. The first-order valence-corrected chi connectivity index (χ1v) is 3.98. The van der Waals surface area contributed by atoms with Gasteiger partial charge in [-0.2, -0.15) is 4.39 Å². The molecule has 0 aliphatic heterocycles. The van der Waals surface area contributed by atoms with Crippen molar-refractivity contribution in [2.75, 3.05) is 7.11 Å². The summed E-state index contributed by atoms with van der Waals surface area (Å²) in [6, 6.07) is 2.61. The van der Waals surface area contributed by atoms with Crippen LogP contribution in [-0.4, -0.2) is 12.1 Å². The molecule has 1 aromatic rings. The van der Waals surface area contributed by atoms with Crippen molar-refractivity contribution in [1.82, 2.24) is 4.98 Å². The SMILES string of the molecule is CC.COc1ccc(F)nc1Cl. The van der Waals surface area contributed by atoms with Crippen molar-refractivity contribution in [3.63, 3.8) is 0 Å². The Morgan fingerprint density at radius 1 is 1.42 bits per heavy atom. The summed E-state index contributed by atoms with van der Waals surface area (Å²) in [7, 11) is 1.45. The Morgan fingerprint density at radius 3 is 2.42 bits per heavy atom. The Hall–Kier alpha value is -0.830. The fourth-order valence-electron chi connectivity index (χ4n) is 0.552. The highest BCUT2D eigenvalue weighted by atomic mass is 35.5. The zero-order valence-electron chi connectivity index (χ0n) is 7.27. The number of rotatable bonds is 1. The molecule has 0 aliphatic rings. The van der Waals surface area contributed by atoms with Crippen LogP contribution in [0.25, 0.3) is 0 Å². The van der Waals surface area contributed by atoms with Crippen LogP contribution in [0.1, 0.15) is 13.8 Å². The molecule has 0 radical (unpaired) electrons. The normalized spacial score (nSPS) is 8.42. The molecule has 1 rings (SSSR count). The molecule has 0 amide bonds. The second kappa shape index (κ2) is 5.77. The molecule has 0 atom stereocenters. The highest BCUT2D eigenvalue weighted by molar-refractivity contribution is 6.30. The number of pyridine rings is 1. The van der Waals surface area contributed by atoms with E-state index in [1.54, 1.807) is 0 Å². The minimum absolute atomic E-state index is 0.0440. The largest absolute Gasteiger partial charge is 0.494 e. The fourth-order valence-corrected chi connectivity index (χ4v) is 0.772. The Balaban J connectivity index is 0.000000561. The minimum Gasteiger partial charge on any atom is -0.494 e. The maximum absolute atomic E-state index is 12.2. The molecule has 0 bridgehead atoms. The summed E-state index contributed by atoms with van der Waals surface area (Å²) in [5, 5.41) is 0.0440. The summed E-state index contributed by atoms with van der Waals surface area (Å²) in [5.41, 5.74) is 0. The van der Waals surface area contributed by atoms with Crippen LogP contribution in [0.4, 0.5) is 4.39 Å². The van der Waals surface area contributed by atoms with Gasteiger partial charge >= 0.3 is 0 Å². The molecule has 0 aromatic carbocycles. The standard InChI is InChI=1S/C6H5ClFNO.C2H6/c1-10-4-2-3-5(8)9-6(4)7;1-2/h2-3H,1H3;1-2H3. The lowest BCUT2D eigenvalue weighted by Gasteiger charge is -1.99. The van der Waals surface area contributed by atoms with Gasteiger partial charge in [-0.15, -0.1) is 0 Å². The Morgan fingerprint density at radius 2 is 2.00 bits per heavy atom. The number of hydrogen-bond acceptors (Lipinski definition) is 2. The Labute approximate surface area is 76.3 Å². The first-order chi connectivity index (χ1) is 5.74. The average Bonchev–Trinajstić information content (AvgIpc) is 2.08. The van der Waals surface area contributed by atoms with Crippen LogP contribution in [0.3, 0.4) is 0 Å². The molecule has 0 N–H and O–H groups in total. The monoisotopic (exact) mass is 191 g/mol. The van der Waals surface area contributed by atoms with Crippen LogP contribution in [0.2, 0.25) is 5.15 Å². The van der Waals surface area contributed by atoms with Crippen LogP contribution in [0, 0.1) is 5.95 Å². The Bertz CT molecular complexity index is 242. The predicted octanol–water partition coefficient (Wildman–Crippen LogP) is 2.91. The van der Waals surface area contributed by atoms with E-state index in [9.17, 15) is 4.39 Å². The molecular weight excluding hydrogens is 181 g/mol. The zero-order valence-corrected chi connectivity index (χ0v) is 8.02. The summed E-state index contributed by atoms with van der Waals surface area (Å²) in [4.78, 5) is 3.32. The number of aromatic nitrogens is 1. The third kappa shape index (κ3) is 3.05. The molecule has 1 aromatic heterocycles. The van der Waals surface area contributed by atoms with Crippen molar-refractivity contribution in [3.05, 3.63) is 23.2 Å². The number of nitrogens with zero attached hydrogens (tertiary/aromatic N) is 1. The molecule has 2 nitrogen and oxygen atoms in total. The van der Waals surface area contributed by atoms with Crippen molar-refractivity contribution in [3.8, 4) is 5.75 Å². The first kappa shape index (κ1) is 11.2. The van der Waals surface area contributed by atoms with Crippen LogP contribution in [0.5, 0.6) is 5.75 Å². The van der Waals surface area contributed by atoms with Gasteiger partial charge in [0.25, 0.3) is 0 Å². The highest BCUT2D eigenvalue weighted by Gasteiger charge is 2.01. The van der Waals surface area contributed by atoms with Gasteiger partial charge in [-0.3, -0.25) is 0 Å². The van der Waals surface area contributed by atoms with Gasteiger partial charge in [0.15, 0.2) is 10.9 Å². The highest BCUT2D eigenvalue weighted by Crippen LogP contribution is 2.20. The first-order valence-electron chi connectivity index (χ1n) is 3.60. The summed E-state index contributed by atoms with van der Waals surface area (Å²) in [5.74, 6) is -0.228. The number of halogens is 2. The van der Waals surface area contributed by atoms with Crippen LogP contribution < -0.4 is 4.74 Å². The Kier molecular flexibility index (Phi) is 5.37. The molecule has 12 heavy (non-hydrogen) atoms. The third-order valence-corrected chi connectivity index (χ3v) is 1.27. The average molecular weight is 192 g/mol. The number of hydrogen-bond donors (Lipinski definition) is 0. The lowest BCUT2D eigenvalue weighted by atomic mass is 10.4. The molecular formula is C8H11ClFNO. The van der Waals surface area contributed by atoms with Crippen molar-refractivity contribution in [2.24, 2.45) is 0 Å². The van der Waals surface area contributed by atoms with E-state index in [2.05, 4.69) is 4.98 Å². The van der Waals surface area contributed by atoms with E-state index in [4.69, 9.17) is 16.3 Å². The third-order valence-electron chi connectivity index (χ3n) is 1.00. The van der Waals surface area contributed by atoms with Gasteiger partial charge in [0.2, 0.25) is 5.95 Å². The van der Waals surface area contributed by atoms with E-state index in [1.807, 2.05) is 13.8 Å². The van der Waals surface area contributed by atoms with Crippen molar-refractivity contribution < 1.29 is 9.13 Å². The van der Waals surface area contributed by atoms with E-state index in [0.29, 0.717) is 5.75 Å². The quantitative estimate of drug-likeness (QED) is 0.637. The van der Waals surface area contributed by atoms with E-state index in [1.165, 1.54) is 19.2 Å².